The standard InChI is InChI=1S/C19H23NO6/c1-22-14-8-6-12(10-16(14)24-3)11-20-19(21)13-7-9-15(23-2)18(26-5)17(13)25-4/h6-10H,11H2,1-5H3,(H,20,21). The van der Waals surface area contributed by atoms with Crippen molar-refractivity contribution in [2.24, 2.45) is 0 Å². The second-order valence-electron chi connectivity index (χ2n) is 5.25. The number of nitrogens with one attached hydrogen (secondary N) is 1. The molecule has 0 radical (unpaired) electrons. The molecule has 26 heavy (non-hydrogen) atoms. The van der Waals surface area contributed by atoms with Gasteiger partial charge in [-0.15, -0.1) is 0 Å². The molecule has 0 aliphatic heterocycles. The van der Waals surface area contributed by atoms with Crippen molar-refractivity contribution in [2.45, 2.75) is 6.54 Å². The molecule has 1 N–H and O–H groups in total. The molecule has 0 bridgehead atoms. The molecule has 0 unspecified atom stereocenters. The van der Waals surface area contributed by atoms with Gasteiger partial charge in [0.1, 0.15) is 0 Å². The Labute approximate surface area is 152 Å². The molecule has 0 heterocycles. The minimum Gasteiger partial charge on any atom is -0.493 e. The first kappa shape index (κ1) is 19.2. The highest BCUT2D eigenvalue weighted by molar-refractivity contribution is 5.98. The minimum absolute atomic E-state index is 0.294. The second kappa shape index (κ2) is 8.84. The summed E-state index contributed by atoms with van der Waals surface area (Å²) < 4.78 is 26.4. The SMILES string of the molecule is COc1ccc(CNC(=O)c2ccc(OC)c(OC)c2OC)cc1OC. The molecular weight excluding hydrogens is 338 g/mol. The Hall–Kier alpha value is -3.09. The summed E-state index contributed by atoms with van der Waals surface area (Å²) in [7, 11) is 7.62. The number of carbonyl (C=O) groups excluding carboxylic acids is 1. The predicted octanol–water partition coefficient (Wildman–Crippen LogP) is 2.66. The lowest BCUT2D eigenvalue weighted by Crippen LogP contribution is -2.23. The number of amides is 1. The van der Waals surface area contributed by atoms with E-state index in [1.807, 2.05) is 12.1 Å². The first-order valence-electron chi connectivity index (χ1n) is 7.87. The Kier molecular flexibility index (Phi) is 6.54. The first-order valence-corrected chi connectivity index (χ1v) is 7.87. The highest BCUT2D eigenvalue weighted by Gasteiger charge is 2.20. The summed E-state index contributed by atoms with van der Waals surface area (Å²) in [5.74, 6) is 2.11. The van der Waals surface area contributed by atoms with E-state index >= 15 is 0 Å². The fraction of sp³-hybridized carbons (Fsp3) is 0.316. The maximum Gasteiger partial charge on any atom is 0.255 e. The van der Waals surface area contributed by atoms with Crippen molar-refractivity contribution in [3.05, 3.63) is 41.5 Å². The van der Waals surface area contributed by atoms with E-state index in [9.17, 15) is 4.79 Å². The Bertz CT molecular complexity index is 775. The van der Waals surface area contributed by atoms with Gasteiger partial charge in [-0.05, 0) is 29.8 Å². The Morgan fingerprint density at radius 2 is 1.38 bits per heavy atom. The summed E-state index contributed by atoms with van der Waals surface area (Å²) >= 11 is 0. The van der Waals surface area contributed by atoms with Crippen LogP contribution in [0.2, 0.25) is 0 Å². The molecule has 1 amide bonds. The third-order valence-corrected chi connectivity index (χ3v) is 3.85. The van der Waals surface area contributed by atoms with Gasteiger partial charge in [0.2, 0.25) is 5.75 Å². The number of ether oxygens (including phenoxy) is 5. The van der Waals surface area contributed by atoms with Crippen molar-refractivity contribution >= 4 is 5.91 Å². The van der Waals surface area contributed by atoms with Crippen molar-refractivity contribution in [3.8, 4) is 28.7 Å². The zero-order valence-electron chi connectivity index (χ0n) is 15.5. The van der Waals surface area contributed by atoms with E-state index in [4.69, 9.17) is 23.7 Å². The van der Waals surface area contributed by atoms with E-state index in [-0.39, 0.29) is 5.91 Å². The van der Waals surface area contributed by atoms with Crippen LogP contribution in [-0.2, 0) is 6.54 Å². The van der Waals surface area contributed by atoms with E-state index < -0.39 is 0 Å². The summed E-state index contributed by atoms with van der Waals surface area (Å²) in [6.07, 6.45) is 0. The third kappa shape index (κ3) is 3.93. The molecule has 0 aliphatic rings. The zero-order chi connectivity index (χ0) is 19.1. The normalized spacial score (nSPS) is 10.0. The molecule has 0 saturated carbocycles. The highest BCUT2D eigenvalue weighted by Crippen LogP contribution is 2.39. The zero-order valence-corrected chi connectivity index (χ0v) is 15.5. The van der Waals surface area contributed by atoms with E-state index in [0.717, 1.165) is 5.56 Å². The maximum atomic E-state index is 12.6. The summed E-state index contributed by atoms with van der Waals surface area (Å²) in [6, 6.07) is 8.74. The predicted molar refractivity (Wildman–Crippen MR) is 96.8 cm³/mol. The lowest BCUT2D eigenvalue weighted by molar-refractivity contribution is 0.0947. The smallest absolute Gasteiger partial charge is 0.255 e. The number of benzene rings is 2. The van der Waals surface area contributed by atoms with Crippen LogP contribution in [0.5, 0.6) is 28.7 Å². The Morgan fingerprint density at radius 3 is 1.96 bits per heavy atom. The van der Waals surface area contributed by atoms with Gasteiger partial charge >= 0.3 is 0 Å². The average molecular weight is 361 g/mol. The molecule has 0 saturated heterocycles. The molecular formula is C19H23NO6. The lowest BCUT2D eigenvalue weighted by atomic mass is 10.1. The van der Waals surface area contributed by atoms with Crippen molar-refractivity contribution in [2.75, 3.05) is 35.5 Å². The molecule has 7 heteroatoms. The van der Waals surface area contributed by atoms with Crippen molar-refractivity contribution in [3.63, 3.8) is 0 Å². The molecule has 0 aliphatic carbocycles. The van der Waals surface area contributed by atoms with Crippen LogP contribution in [0, 0.1) is 0 Å². The summed E-state index contributed by atoms with van der Waals surface area (Å²) in [5.41, 5.74) is 1.22. The van der Waals surface area contributed by atoms with Crippen molar-refractivity contribution in [1.82, 2.24) is 5.32 Å². The number of methoxy groups -OCH3 is 5. The molecule has 0 atom stereocenters. The van der Waals surface area contributed by atoms with Gasteiger partial charge in [-0.1, -0.05) is 6.07 Å². The van der Waals surface area contributed by atoms with E-state index in [1.54, 1.807) is 32.4 Å². The van der Waals surface area contributed by atoms with E-state index in [2.05, 4.69) is 5.32 Å². The molecule has 2 rings (SSSR count). The quantitative estimate of drug-likeness (QED) is 0.779. The topological polar surface area (TPSA) is 75.3 Å². The molecule has 2 aromatic carbocycles. The van der Waals surface area contributed by atoms with Gasteiger partial charge in [0.15, 0.2) is 23.0 Å². The van der Waals surface area contributed by atoms with Gasteiger partial charge in [-0.25, -0.2) is 0 Å². The molecule has 2 aromatic rings. The van der Waals surface area contributed by atoms with Gasteiger partial charge in [0.25, 0.3) is 5.91 Å². The monoisotopic (exact) mass is 361 g/mol. The molecule has 0 fully saturated rings. The molecule has 140 valence electrons. The van der Waals surface area contributed by atoms with Crippen molar-refractivity contribution in [1.29, 1.82) is 0 Å². The van der Waals surface area contributed by atoms with E-state index in [0.29, 0.717) is 40.9 Å². The number of carbonyl (C=O) groups is 1. The van der Waals surface area contributed by atoms with Gasteiger partial charge in [0, 0.05) is 6.54 Å². The number of rotatable bonds is 8. The molecule has 0 spiro atoms. The van der Waals surface area contributed by atoms with Crippen LogP contribution in [0.1, 0.15) is 15.9 Å². The van der Waals surface area contributed by atoms with Crippen LogP contribution in [0.4, 0.5) is 0 Å². The fourth-order valence-corrected chi connectivity index (χ4v) is 2.55. The van der Waals surface area contributed by atoms with Crippen LogP contribution < -0.4 is 29.0 Å². The van der Waals surface area contributed by atoms with Crippen molar-refractivity contribution < 1.29 is 28.5 Å². The van der Waals surface area contributed by atoms with Crippen LogP contribution in [0.3, 0.4) is 0 Å². The van der Waals surface area contributed by atoms with Crippen LogP contribution in [0.25, 0.3) is 0 Å². The van der Waals surface area contributed by atoms with Gasteiger partial charge in [0.05, 0.1) is 41.1 Å². The van der Waals surface area contributed by atoms with Gasteiger partial charge in [-0.2, -0.15) is 0 Å². The summed E-state index contributed by atoms with van der Waals surface area (Å²) in [5, 5.41) is 2.86. The number of hydrogen-bond donors (Lipinski definition) is 1. The van der Waals surface area contributed by atoms with Crippen LogP contribution >= 0.6 is 0 Å². The largest absolute Gasteiger partial charge is 0.493 e. The lowest BCUT2D eigenvalue weighted by Gasteiger charge is -2.15. The number of hydrogen-bond acceptors (Lipinski definition) is 6. The first-order chi connectivity index (χ1) is 12.6. The molecule has 0 aromatic heterocycles. The third-order valence-electron chi connectivity index (χ3n) is 3.85. The van der Waals surface area contributed by atoms with Gasteiger partial charge < -0.3 is 29.0 Å². The van der Waals surface area contributed by atoms with Crippen LogP contribution in [-0.4, -0.2) is 41.5 Å². The Morgan fingerprint density at radius 1 is 0.769 bits per heavy atom. The summed E-state index contributed by atoms with van der Waals surface area (Å²) in [6.45, 7) is 0.316. The summed E-state index contributed by atoms with van der Waals surface area (Å²) in [4.78, 5) is 12.6. The van der Waals surface area contributed by atoms with Gasteiger partial charge in [-0.3, -0.25) is 4.79 Å². The maximum absolute atomic E-state index is 12.6. The highest BCUT2D eigenvalue weighted by atomic mass is 16.5. The fourth-order valence-electron chi connectivity index (χ4n) is 2.55. The second-order valence-corrected chi connectivity index (χ2v) is 5.25. The van der Waals surface area contributed by atoms with E-state index in [1.165, 1.54) is 21.3 Å². The minimum atomic E-state index is -0.294. The van der Waals surface area contributed by atoms with Crippen LogP contribution in [0.15, 0.2) is 30.3 Å². The molecule has 7 nitrogen and oxygen atoms in total. The average Bonchev–Trinajstić information content (AvgIpc) is 2.70. The Balaban J connectivity index is 2.20.